The van der Waals surface area contributed by atoms with Crippen molar-refractivity contribution in [3.05, 3.63) is 60.7 Å². The van der Waals surface area contributed by atoms with Gasteiger partial charge in [-0.1, -0.05) is 75.9 Å². The van der Waals surface area contributed by atoms with Crippen LogP contribution in [0.15, 0.2) is 60.7 Å². The van der Waals surface area contributed by atoms with Crippen LogP contribution >= 0.6 is 0 Å². The van der Waals surface area contributed by atoms with Crippen molar-refractivity contribution in [1.82, 2.24) is 21.5 Å². The summed E-state index contributed by atoms with van der Waals surface area (Å²) in [6, 6.07) is 17.0. The highest BCUT2D eigenvalue weighted by Crippen LogP contribution is 2.14. The quantitative estimate of drug-likeness (QED) is 0.0504. The van der Waals surface area contributed by atoms with Gasteiger partial charge in [-0.3, -0.25) is 30.0 Å². The molecular formula is C38H62N8O4. The summed E-state index contributed by atoms with van der Waals surface area (Å²) in [6.07, 6.45) is 8.77. The number of unbranched alkanes of at least 4 members (excludes halogenated alkanes) is 4. The van der Waals surface area contributed by atoms with Crippen molar-refractivity contribution in [2.45, 2.75) is 103 Å². The molecule has 4 atom stereocenters. The van der Waals surface area contributed by atoms with E-state index in [0.717, 1.165) is 38.5 Å². The molecule has 0 bridgehead atoms. The Labute approximate surface area is 299 Å². The number of nitrogens with two attached hydrogens (primary N) is 2. The maximum Gasteiger partial charge on any atom is 0.246 e. The predicted octanol–water partition coefficient (Wildman–Crippen LogP) is 4.20. The number of amides is 4. The van der Waals surface area contributed by atoms with Gasteiger partial charge >= 0.3 is 0 Å². The number of carbonyl (C=O) groups excluding carboxylic acids is 4. The van der Waals surface area contributed by atoms with Gasteiger partial charge in [0.25, 0.3) is 0 Å². The summed E-state index contributed by atoms with van der Waals surface area (Å²) < 4.78 is 0. The lowest BCUT2D eigenvalue weighted by Gasteiger charge is -2.24. The van der Waals surface area contributed by atoms with Gasteiger partial charge < -0.3 is 32.7 Å². The maximum absolute atomic E-state index is 13.6. The number of carbonyl (C=O) groups is 4. The molecule has 50 heavy (non-hydrogen) atoms. The number of rotatable bonds is 27. The van der Waals surface area contributed by atoms with Crippen molar-refractivity contribution < 1.29 is 19.2 Å². The fraction of sp³-hybridized carbons (Fsp3) is 0.579. The number of hydrazine groups is 1. The van der Waals surface area contributed by atoms with Crippen LogP contribution in [0.25, 0.3) is 0 Å². The topological polar surface area (TPSA) is 192 Å². The number of nitrogens with one attached hydrogen (secondary N) is 6. The molecule has 0 aliphatic heterocycles. The van der Waals surface area contributed by atoms with Crippen LogP contribution in [0.1, 0.15) is 90.9 Å². The first-order valence-electron chi connectivity index (χ1n) is 18.5. The minimum Gasteiger partial charge on any atom is -0.344 e. The van der Waals surface area contributed by atoms with Gasteiger partial charge in [0.1, 0.15) is 12.1 Å². The molecule has 0 fully saturated rings. The normalized spacial score (nSPS) is 13.4. The van der Waals surface area contributed by atoms with Gasteiger partial charge in [0.05, 0.1) is 11.8 Å². The van der Waals surface area contributed by atoms with Crippen molar-refractivity contribution in [3.8, 4) is 0 Å². The number of benzene rings is 2. The molecule has 10 N–H and O–H groups in total. The lowest BCUT2D eigenvalue weighted by atomic mass is 9.99. The number of anilines is 2. The second kappa shape index (κ2) is 26.0. The summed E-state index contributed by atoms with van der Waals surface area (Å²) in [5.41, 5.74) is 19.1. The van der Waals surface area contributed by atoms with Crippen LogP contribution in [-0.4, -0.2) is 61.9 Å². The predicted molar refractivity (Wildman–Crippen MR) is 202 cm³/mol. The van der Waals surface area contributed by atoms with Gasteiger partial charge in [-0.15, -0.1) is 0 Å². The largest absolute Gasteiger partial charge is 0.344 e. The van der Waals surface area contributed by atoms with Crippen molar-refractivity contribution in [1.29, 1.82) is 0 Å². The first-order valence-corrected chi connectivity index (χ1v) is 18.5. The van der Waals surface area contributed by atoms with Crippen molar-refractivity contribution in [2.24, 2.45) is 23.3 Å². The monoisotopic (exact) mass is 694 g/mol. The van der Waals surface area contributed by atoms with Crippen molar-refractivity contribution in [2.75, 3.05) is 36.8 Å². The van der Waals surface area contributed by atoms with Crippen LogP contribution < -0.4 is 43.6 Å². The van der Waals surface area contributed by atoms with Gasteiger partial charge in [0.2, 0.25) is 23.6 Å². The van der Waals surface area contributed by atoms with Crippen LogP contribution in [-0.2, 0) is 19.2 Å². The lowest BCUT2D eigenvalue weighted by molar-refractivity contribution is -0.130. The summed E-state index contributed by atoms with van der Waals surface area (Å²) in [6.45, 7) is 5.83. The minimum atomic E-state index is -0.689. The Hall–Kier alpha value is -3.84. The molecule has 0 spiro atoms. The zero-order valence-electron chi connectivity index (χ0n) is 30.2. The lowest BCUT2D eigenvalue weighted by Crippen LogP contribution is -2.51. The molecule has 0 aliphatic rings. The van der Waals surface area contributed by atoms with Gasteiger partial charge in [-0.25, -0.2) is 0 Å². The third kappa shape index (κ3) is 17.2. The summed E-state index contributed by atoms with van der Waals surface area (Å²) in [5, 5.41) is 11.8. The van der Waals surface area contributed by atoms with E-state index in [0.29, 0.717) is 76.1 Å². The molecule has 2 aromatic rings. The average Bonchev–Trinajstić information content (AvgIpc) is 3.12. The Kier molecular flexibility index (Phi) is 22.0. The van der Waals surface area contributed by atoms with Gasteiger partial charge in [-0.2, -0.15) is 0 Å². The van der Waals surface area contributed by atoms with E-state index in [-0.39, 0.29) is 35.5 Å². The van der Waals surface area contributed by atoms with Gasteiger partial charge in [0, 0.05) is 24.5 Å². The molecule has 12 nitrogen and oxygen atoms in total. The van der Waals surface area contributed by atoms with E-state index in [1.54, 1.807) is 0 Å². The van der Waals surface area contributed by atoms with Crippen molar-refractivity contribution in [3.63, 3.8) is 0 Å². The second-order valence-electron chi connectivity index (χ2n) is 12.8. The first kappa shape index (κ1) is 42.3. The van der Waals surface area contributed by atoms with E-state index < -0.39 is 12.1 Å². The van der Waals surface area contributed by atoms with E-state index in [1.165, 1.54) is 0 Å². The molecule has 12 heteroatoms. The van der Waals surface area contributed by atoms with E-state index >= 15 is 0 Å². The highest BCUT2D eigenvalue weighted by molar-refractivity contribution is 5.98. The maximum atomic E-state index is 13.6. The molecule has 0 aromatic heterocycles. The van der Waals surface area contributed by atoms with Gasteiger partial charge in [0.15, 0.2) is 0 Å². The summed E-state index contributed by atoms with van der Waals surface area (Å²) in [4.78, 5) is 53.5. The molecule has 4 amide bonds. The Balaban J connectivity index is 2.03. The SMILES string of the molecule is CCCCC(CNNCC(CCCC)C(=O)NC(CCCCN)C(=O)Nc1ccccc1)C(=O)NC(CCCCN)C(=O)Nc1ccccc1. The Bertz CT molecular complexity index is 1140. The zero-order chi connectivity index (χ0) is 36.4. The number of para-hydroxylation sites is 2. The average molecular weight is 695 g/mol. The summed E-state index contributed by atoms with van der Waals surface area (Å²) in [7, 11) is 0. The molecule has 2 rings (SSSR count). The van der Waals surface area contributed by atoms with E-state index in [2.05, 4.69) is 46.0 Å². The smallest absolute Gasteiger partial charge is 0.246 e. The molecular weight excluding hydrogens is 632 g/mol. The Morgan fingerprint density at radius 1 is 0.520 bits per heavy atom. The number of hydrogen-bond donors (Lipinski definition) is 8. The third-order valence-electron chi connectivity index (χ3n) is 8.62. The standard InChI is InChI=1S/C38H62N8O4/c1-3-5-17-29(35(47)45-33(23-13-15-25-39)37(49)43-31-19-9-7-10-20-31)27-41-42-28-30(18-6-4-2)36(48)46-34(24-14-16-26-40)38(50)44-32-21-11-8-12-22-32/h7-12,19-22,29-30,33-34,41-42H,3-6,13-18,23-28,39-40H2,1-2H3,(H,43,49)(H,44,50)(H,45,47)(H,46,48). The van der Waals surface area contributed by atoms with Crippen LogP contribution in [0.5, 0.6) is 0 Å². The molecule has 278 valence electrons. The van der Waals surface area contributed by atoms with Crippen LogP contribution in [0.3, 0.4) is 0 Å². The van der Waals surface area contributed by atoms with E-state index in [4.69, 9.17) is 11.5 Å². The van der Waals surface area contributed by atoms with Crippen LogP contribution in [0.2, 0.25) is 0 Å². The zero-order valence-corrected chi connectivity index (χ0v) is 30.2. The third-order valence-corrected chi connectivity index (χ3v) is 8.62. The summed E-state index contributed by atoms with van der Waals surface area (Å²) in [5.74, 6) is -1.69. The van der Waals surface area contributed by atoms with E-state index in [1.807, 2.05) is 60.7 Å². The highest BCUT2D eigenvalue weighted by atomic mass is 16.2. The highest BCUT2D eigenvalue weighted by Gasteiger charge is 2.27. The van der Waals surface area contributed by atoms with E-state index in [9.17, 15) is 19.2 Å². The molecule has 0 radical (unpaired) electrons. The molecule has 0 saturated heterocycles. The van der Waals surface area contributed by atoms with Gasteiger partial charge in [-0.05, 0) is 88.7 Å². The van der Waals surface area contributed by atoms with Crippen molar-refractivity contribution >= 4 is 35.0 Å². The molecule has 0 saturated carbocycles. The Morgan fingerprint density at radius 3 is 1.24 bits per heavy atom. The van der Waals surface area contributed by atoms with Crippen LogP contribution in [0, 0.1) is 11.8 Å². The van der Waals surface area contributed by atoms with Crippen LogP contribution in [0.4, 0.5) is 11.4 Å². The molecule has 4 unspecified atom stereocenters. The number of hydrogen-bond acceptors (Lipinski definition) is 8. The molecule has 0 heterocycles. The Morgan fingerprint density at radius 2 is 0.900 bits per heavy atom. The molecule has 0 aliphatic carbocycles. The summed E-state index contributed by atoms with van der Waals surface area (Å²) >= 11 is 0. The fourth-order valence-electron chi connectivity index (χ4n) is 5.55. The second-order valence-corrected chi connectivity index (χ2v) is 12.8. The fourth-order valence-corrected chi connectivity index (χ4v) is 5.55. The minimum absolute atomic E-state index is 0.196. The molecule has 2 aromatic carbocycles. The first-order chi connectivity index (χ1) is 24.3.